The number of nitrogens with zero attached hydrogens (tertiary/aromatic N) is 2. The molecule has 0 saturated carbocycles. The number of hydrogen-bond acceptors (Lipinski definition) is 4. The standard InChI is InChI=1S/C22H24ClN3O2/c1-27-18-10-8-17(9-11-18)26-15-16(13-24-14-19-5-4-12-28-19)22(25-26)20-6-2-3-7-21(20)23/h2-3,6-11,15,19,24H,4-5,12-14H2,1H3/t19-/m1/s1. The molecule has 1 aromatic heterocycles. The Hall–Kier alpha value is -2.34. The lowest BCUT2D eigenvalue weighted by Gasteiger charge is -2.10. The maximum atomic E-state index is 6.46. The van der Waals surface area contributed by atoms with Crippen molar-refractivity contribution in [1.29, 1.82) is 0 Å². The zero-order valence-corrected chi connectivity index (χ0v) is 16.7. The van der Waals surface area contributed by atoms with E-state index in [0.717, 1.165) is 54.3 Å². The van der Waals surface area contributed by atoms with Gasteiger partial charge < -0.3 is 14.8 Å². The first-order valence-electron chi connectivity index (χ1n) is 9.55. The van der Waals surface area contributed by atoms with Gasteiger partial charge in [-0.25, -0.2) is 4.68 Å². The van der Waals surface area contributed by atoms with Gasteiger partial charge in [0.2, 0.25) is 0 Å². The van der Waals surface area contributed by atoms with E-state index >= 15 is 0 Å². The van der Waals surface area contributed by atoms with Crippen LogP contribution in [0.3, 0.4) is 0 Å². The fourth-order valence-corrected chi connectivity index (χ4v) is 3.68. The first kappa shape index (κ1) is 19.0. The summed E-state index contributed by atoms with van der Waals surface area (Å²) in [5, 5.41) is 9.05. The fraction of sp³-hybridized carbons (Fsp3) is 0.318. The molecule has 2 aromatic carbocycles. The summed E-state index contributed by atoms with van der Waals surface area (Å²) < 4.78 is 12.8. The highest BCUT2D eigenvalue weighted by Gasteiger charge is 2.17. The normalized spacial score (nSPS) is 16.4. The van der Waals surface area contributed by atoms with Crippen LogP contribution in [0, 0.1) is 0 Å². The molecule has 28 heavy (non-hydrogen) atoms. The van der Waals surface area contributed by atoms with E-state index in [1.165, 1.54) is 0 Å². The van der Waals surface area contributed by atoms with Gasteiger partial charge in [-0.15, -0.1) is 0 Å². The van der Waals surface area contributed by atoms with E-state index in [0.29, 0.717) is 17.7 Å². The van der Waals surface area contributed by atoms with Gasteiger partial charge in [0, 0.05) is 37.0 Å². The van der Waals surface area contributed by atoms with Crippen LogP contribution in [0.25, 0.3) is 16.9 Å². The van der Waals surface area contributed by atoms with E-state index in [-0.39, 0.29) is 0 Å². The van der Waals surface area contributed by atoms with Gasteiger partial charge >= 0.3 is 0 Å². The molecule has 1 fully saturated rings. The predicted molar refractivity (Wildman–Crippen MR) is 111 cm³/mol. The molecule has 1 aliphatic rings. The number of benzene rings is 2. The lowest BCUT2D eigenvalue weighted by atomic mass is 10.1. The number of hydrogen-bond donors (Lipinski definition) is 1. The minimum absolute atomic E-state index is 0.306. The van der Waals surface area contributed by atoms with Crippen LogP contribution >= 0.6 is 11.6 Å². The van der Waals surface area contributed by atoms with Gasteiger partial charge in [-0.2, -0.15) is 5.10 Å². The molecule has 3 aromatic rings. The number of aromatic nitrogens is 2. The van der Waals surface area contributed by atoms with Crippen molar-refractivity contribution in [2.24, 2.45) is 0 Å². The maximum absolute atomic E-state index is 6.46. The summed E-state index contributed by atoms with van der Waals surface area (Å²) in [7, 11) is 1.66. The highest BCUT2D eigenvalue weighted by atomic mass is 35.5. The van der Waals surface area contributed by atoms with E-state index < -0.39 is 0 Å². The molecule has 1 aliphatic heterocycles. The van der Waals surface area contributed by atoms with E-state index in [2.05, 4.69) is 11.5 Å². The van der Waals surface area contributed by atoms with Gasteiger partial charge in [0.05, 0.1) is 29.6 Å². The Labute approximate surface area is 170 Å². The second-order valence-corrected chi connectivity index (χ2v) is 7.30. The topological polar surface area (TPSA) is 48.3 Å². The maximum Gasteiger partial charge on any atom is 0.119 e. The minimum Gasteiger partial charge on any atom is -0.497 e. The van der Waals surface area contributed by atoms with Crippen molar-refractivity contribution in [3.63, 3.8) is 0 Å². The van der Waals surface area contributed by atoms with Crippen molar-refractivity contribution >= 4 is 11.6 Å². The fourth-order valence-electron chi connectivity index (χ4n) is 3.46. The summed E-state index contributed by atoms with van der Waals surface area (Å²) >= 11 is 6.46. The molecule has 0 radical (unpaired) electrons. The molecule has 1 N–H and O–H groups in total. The van der Waals surface area contributed by atoms with E-state index in [4.69, 9.17) is 26.2 Å². The van der Waals surface area contributed by atoms with Crippen LogP contribution in [-0.4, -0.2) is 36.1 Å². The molecule has 0 aliphatic carbocycles. The zero-order chi connectivity index (χ0) is 19.3. The van der Waals surface area contributed by atoms with E-state index in [1.54, 1.807) is 7.11 Å². The quantitative estimate of drug-likeness (QED) is 0.639. The summed E-state index contributed by atoms with van der Waals surface area (Å²) in [5.41, 5.74) is 3.90. The van der Waals surface area contributed by atoms with Gasteiger partial charge in [0.15, 0.2) is 0 Å². The largest absolute Gasteiger partial charge is 0.497 e. The Morgan fingerprint density at radius 2 is 2.04 bits per heavy atom. The predicted octanol–water partition coefficient (Wildman–Crippen LogP) is 4.47. The Bertz CT molecular complexity index is 918. The number of nitrogens with one attached hydrogen (secondary N) is 1. The van der Waals surface area contributed by atoms with Crippen LogP contribution in [0.1, 0.15) is 18.4 Å². The van der Waals surface area contributed by atoms with Crippen molar-refractivity contribution in [3.05, 3.63) is 65.3 Å². The highest BCUT2D eigenvalue weighted by molar-refractivity contribution is 6.33. The third-order valence-electron chi connectivity index (χ3n) is 4.97. The van der Waals surface area contributed by atoms with Gasteiger partial charge in [-0.3, -0.25) is 0 Å². The first-order valence-corrected chi connectivity index (χ1v) is 9.92. The monoisotopic (exact) mass is 397 g/mol. The molecule has 1 atom stereocenters. The molecule has 0 unspecified atom stereocenters. The smallest absolute Gasteiger partial charge is 0.119 e. The van der Waals surface area contributed by atoms with Crippen molar-refractivity contribution in [2.75, 3.05) is 20.3 Å². The average Bonchev–Trinajstić information content (AvgIpc) is 3.39. The highest BCUT2D eigenvalue weighted by Crippen LogP contribution is 2.30. The number of ether oxygens (including phenoxy) is 2. The second kappa shape index (κ2) is 8.78. The molecular weight excluding hydrogens is 374 g/mol. The van der Waals surface area contributed by atoms with Crippen molar-refractivity contribution in [3.8, 4) is 22.7 Å². The van der Waals surface area contributed by atoms with E-state index in [9.17, 15) is 0 Å². The molecule has 6 heteroatoms. The summed E-state index contributed by atoms with van der Waals surface area (Å²) in [6.45, 7) is 2.42. The number of methoxy groups -OCH3 is 1. The zero-order valence-electron chi connectivity index (χ0n) is 15.9. The molecule has 0 bridgehead atoms. The van der Waals surface area contributed by atoms with Gasteiger partial charge in [-0.05, 0) is 43.2 Å². The molecule has 146 valence electrons. The van der Waals surface area contributed by atoms with E-state index in [1.807, 2.05) is 53.2 Å². The van der Waals surface area contributed by atoms with Crippen molar-refractivity contribution in [1.82, 2.24) is 15.1 Å². The Morgan fingerprint density at radius 1 is 1.21 bits per heavy atom. The lowest BCUT2D eigenvalue weighted by Crippen LogP contribution is -2.25. The summed E-state index contributed by atoms with van der Waals surface area (Å²) in [4.78, 5) is 0. The van der Waals surface area contributed by atoms with Crippen LogP contribution in [0.5, 0.6) is 5.75 Å². The first-order chi connectivity index (χ1) is 13.7. The van der Waals surface area contributed by atoms with Crippen LogP contribution in [0.2, 0.25) is 5.02 Å². The molecule has 0 amide bonds. The molecule has 0 spiro atoms. The van der Waals surface area contributed by atoms with Gasteiger partial charge in [0.25, 0.3) is 0 Å². The van der Waals surface area contributed by atoms with Crippen LogP contribution in [0.4, 0.5) is 0 Å². The lowest BCUT2D eigenvalue weighted by molar-refractivity contribution is 0.110. The Kier molecular flexibility index (Phi) is 5.95. The Balaban J connectivity index is 1.61. The molecule has 4 rings (SSSR count). The molecule has 1 saturated heterocycles. The van der Waals surface area contributed by atoms with Crippen LogP contribution < -0.4 is 10.1 Å². The van der Waals surface area contributed by atoms with Gasteiger partial charge in [0.1, 0.15) is 5.75 Å². The summed E-state index contributed by atoms with van der Waals surface area (Å²) in [6, 6.07) is 15.7. The summed E-state index contributed by atoms with van der Waals surface area (Å²) in [5.74, 6) is 0.820. The third-order valence-corrected chi connectivity index (χ3v) is 5.30. The van der Waals surface area contributed by atoms with Crippen molar-refractivity contribution < 1.29 is 9.47 Å². The van der Waals surface area contributed by atoms with Gasteiger partial charge in [-0.1, -0.05) is 29.8 Å². The average molecular weight is 398 g/mol. The van der Waals surface area contributed by atoms with Crippen molar-refractivity contribution in [2.45, 2.75) is 25.5 Å². The molecule has 2 heterocycles. The molecule has 5 nitrogen and oxygen atoms in total. The SMILES string of the molecule is COc1ccc(-n2cc(CNC[C@H]3CCCO3)c(-c3ccccc3Cl)n2)cc1. The van der Waals surface area contributed by atoms with Crippen LogP contribution in [-0.2, 0) is 11.3 Å². The minimum atomic E-state index is 0.306. The third kappa shape index (κ3) is 4.22. The summed E-state index contributed by atoms with van der Waals surface area (Å²) in [6.07, 6.45) is 4.63. The van der Waals surface area contributed by atoms with Crippen LogP contribution in [0.15, 0.2) is 54.7 Å². The number of rotatable bonds is 7. The molecular formula is C22H24ClN3O2. The number of halogens is 1. The second-order valence-electron chi connectivity index (χ2n) is 6.89. The Morgan fingerprint density at radius 3 is 2.75 bits per heavy atom.